The second-order valence-corrected chi connectivity index (χ2v) is 5.02. The molecule has 1 aliphatic rings. The first-order valence-electron chi connectivity index (χ1n) is 5.46. The van der Waals surface area contributed by atoms with Crippen molar-refractivity contribution in [2.75, 3.05) is 10.6 Å². The van der Waals surface area contributed by atoms with Crippen molar-refractivity contribution in [1.82, 2.24) is 4.98 Å². The molecule has 3 rings (SSSR count). The lowest BCUT2D eigenvalue weighted by Gasteiger charge is -2.18. The van der Waals surface area contributed by atoms with Gasteiger partial charge in [0.25, 0.3) is 0 Å². The van der Waals surface area contributed by atoms with E-state index in [9.17, 15) is 0 Å². The molecule has 3 nitrogen and oxygen atoms in total. The first-order chi connectivity index (χ1) is 8.25. The molecule has 86 valence electrons. The van der Waals surface area contributed by atoms with Gasteiger partial charge in [0.05, 0.1) is 10.2 Å². The SMILES string of the molecule is Nc1cccc2c1CN(c1ccncc1Br)C2. The number of nitrogens with two attached hydrogens (primary N) is 1. The molecule has 1 aromatic carbocycles. The molecule has 0 fully saturated rings. The zero-order valence-electron chi connectivity index (χ0n) is 9.23. The van der Waals surface area contributed by atoms with Crippen LogP contribution in [0.2, 0.25) is 0 Å². The van der Waals surface area contributed by atoms with Gasteiger partial charge in [0.2, 0.25) is 0 Å². The third-order valence-electron chi connectivity index (χ3n) is 3.11. The highest BCUT2D eigenvalue weighted by Gasteiger charge is 2.22. The number of aromatic nitrogens is 1. The van der Waals surface area contributed by atoms with E-state index in [-0.39, 0.29) is 0 Å². The lowest BCUT2D eigenvalue weighted by atomic mass is 10.1. The maximum atomic E-state index is 6.00. The Morgan fingerprint density at radius 1 is 1.24 bits per heavy atom. The predicted molar refractivity (Wildman–Crippen MR) is 72.7 cm³/mol. The summed E-state index contributed by atoms with van der Waals surface area (Å²) in [6, 6.07) is 8.14. The highest BCUT2D eigenvalue weighted by atomic mass is 79.9. The maximum Gasteiger partial charge on any atom is 0.0592 e. The molecular weight excluding hydrogens is 278 g/mol. The average Bonchev–Trinajstić information content (AvgIpc) is 2.75. The van der Waals surface area contributed by atoms with Gasteiger partial charge in [0.1, 0.15) is 0 Å². The number of hydrogen-bond acceptors (Lipinski definition) is 3. The minimum Gasteiger partial charge on any atom is -0.398 e. The number of hydrogen-bond donors (Lipinski definition) is 1. The molecule has 0 atom stereocenters. The van der Waals surface area contributed by atoms with Crippen LogP contribution in [0.3, 0.4) is 0 Å². The second kappa shape index (κ2) is 4.04. The van der Waals surface area contributed by atoms with Crippen LogP contribution in [0.4, 0.5) is 11.4 Å². The van der Waals surface area contributed by atoms with E-state index < -0.39 is 0 Å². The van der Waals surface area contributed by atoms with E-state index in [0.717, 1.165) is 28.9 Å². The van der Waals surface area contributed by atoms with E-state index in [1.54, 1.807) is 0 Å². The summed E-state index contributed by atoms with van der Waals surface area (Å²) in [4.78, 5) is 6.38. The van der Waals surface area contributed by atoms with Crippen molar-refractivity contribution in [2.24, 2.45) is 0 Å². The number of fused-ring (bicyclic) bond motifs is 1. The average molecular weight is 290 g/mol. The van der Waals surface area contributed by atoms with E-state index in [0.29, 0.717) is 0 Å². The van der Waals surface area contributed by atoms with Crippen molar-refractivity contribution >= 4 is 27.3 Å². The van der Waals surface area contributed by atoms with Crippen molar-refractivity contribution in [3.05, 3.63) is 52.3 Å². The fourth-order valence-electron chi connectivity index (χ4n) is 2.24. The minimum absolute atomic E-state index is 0.866. The van der Waals surface area contributed by atoms with Crippen LogP contribution in [-0.2, 0) is 13.1 Å². The van der Waals surface area contributed by atoms with Gasteiger partial charge in [-0.25, -0.2) is 0 Å². The number of rotatable bonds is 1. The van der Waals surface area contributed by atoms with Crippen LogP contribution in [0.25, 0.3) is 0 Å². The highest BCUT2D eigenvalue weighted by Crippen LogP contribution is 2.34. The van der Waals surface area contributed by atoms with Gasteiger partial charge in [0, 0.05) is 31.2 Å². The fraction of sp³-hybridized carbons (Fsp3) is 0.154. The molecule has 2 heterocycles. The van der Waals surface area contributed by atoms with Gasteiger partial charge in [-0.2, -0.15) is 0 Å². The van der Waals surface area contributed by atoms with Crippen molar-refractivity contribution in [2.45, 2.75) is 13.1 Å². The van der Waals surface area contributed by atoms with Crippen LogP contribution in [0.1, 0.15) is 11.1 Å². The van der Waals surface area contributed by atoms with Gasteiger partial charge < -0.3 is 10.6 Å². The van der Waals surface area contributed by atoms with Gasteiger partial charge in [-0.1, -0.05) is 12.1 Å². The Balaban J connectivity index is 1.97. The van der Waals surface area contributed by atoms with E-state index in [2.05, 4.69) is 31.9 Å². The Bertz CT molecular complexity index is 568. The maximum absolute atomic E-state index is 6.00. The van der Waals surface area contributed by atoms with Crippen LogP contribution in [0.15, 0.2) is 41.1 Å². The molecule has 4 heteroatoms. The molecule has 0 radical (unpaired) electrons. The molecule has 2 N–H and O–H groups in total. The molecule has 1 aromatic heterocycles. The lowest BCUT2D eigenvalue weighted by molar-refractivity contribution is 0.875. The summed E-state index contributed by atoms with van der Waals surface area (Å²) in [7, 11) is 0. The zero-order valence-corrected chi connectivity index (χ0v) is 10.8. The van der Waals surface area contributed by atoms with Gasteiger partial charge >= 0.3 is 0 Å². The minimum atomic E-state index is 0.866. The standard InChI is InChI=1S/C13H12BrN3/c14-11-6-16-5-4-13(11)17-7-9-2-1-3-12(15)10(9)8-17/h1-6H,7-8,15H2. The van der Waals surface area contributed by atoms with Crippen LogP contribution >= 0.6 is 15.9 Å². The van der Waals surface area contributed by atoms with E-state index in [1.165, 1.54) is 11.1 Å². The van der Waals surface area contributed by atoms with E-state index >= 15 is 0 Å². The van der Waals surface area contributed by atoms with Crippen molar-refractivity contribution in [3.8, 4) is 0 Å². The van der Waals surface area contributed by atoms with Crippen LogP contribution in [0.5, 0.6) is 0 Å². The zero-order chi connectivity index (χ0) is 11.8. The van der Waals surface area contributed by atoms with Gasteiger partial charge in [-0.05, 0) is 39.2 Å². The first kappa shape index (κ1) is 10.6. The van der Waals surface area contributed by atoms with Crippen molar-refractivity contribution in [3.63, 3.8) is 0 Å². The van der Waals surface area contributed by atoms with Crippen LogP contribution in [0, 0.1) is 0 Å². The fourth-order valence-corrected chi connectivity index (χ4v) is 2.74. The molecular formula is C13H12BrN3. The third kappa shape index (κ3) is 1.78. The van der Waals surface area contributed by atoms with E-state index in [4.69, 9.17) is 5.73 Å². The number of nitrogen functional groups attached to an aromatic ring is 1. The number of nitrogens with zero attached hydrogens (tertiary/aromatic N) is 2. The van der Waals surface area contributed by atoms with Gasteiger partial charge in [-0.15, -0.1) is 0 Å². The monoisotopic (exact) mass is 289 g/mol. The van der Waals surface area contributed by atoms with Gasteiger partial charge in [0.15, 0.2) is 0 Å². The summed E-state index contributed by atoms with van der Waals surface area (Å²) in [5.41, 5.74) is 10.6. The molecule has 0 bridgehead atoms. The van der Waals surface area contributed by atoms with Crippen molar-refractivity contribution in [1.29, 1.82) is 0 Å². The Morgan fingerprint density at radius 3 is 2.88 bits per heavy atom. The smallest absolute Gasteiger partial charge is 0.0592 e. The molecule has 1 aliphatic heterocycles. The molecule has 0 saturated carbocycles. The Labute approximate surface area is 108 Å². The van der Waals surface area contributed by atoms with Crippen LogP contribution < -0.4 is 10.6 Å². The molecule has 0 spiro atoms. The molecule has 0 aliphatic carbocycles. The van der Waals surface area contributed by atoms with E-state index in [1.807, 2.05) is 30.6 Å². The Hall–Kier alpha value is -1.55. The summed E-state index contributed by atoms with van der Waals surface area (Å²) in [5, 5.41) is 0. The number of pyridine rings is 1. The number of benzene rings is 1. The molecule has 0 saturated heterocycles. The summed E-state index contributed by atoms with van der Waals surface area (Å²) >= 11 is 3.53. The summed E-state index contributed by atoms with van der Waals surface area (Å²) < 4.78 is 1.02. The highest BCUT2D eigenvalue weighted by molar-refractivity contribution is 9.10. The normalized spacial score (nSPS) is 13.8. The molecule has 0 unspecified atom stereocenters. The topological polar surface area (TPSA) is 42.1 Å². The molecule has 17 heavy (non-hydrogen) atoms. The van der Waals surface area contributed by atoms with Crippen molar-refractivity contribution < 1.29 is 0 Å². The third-order valence-corrected chi connectivity index (χ3v) is 3.72. The largest absolute Gasteiger partial charge is 0.398 e. The summed E-state index contributed by atoms with van der Waals surface area (Å²) in [5.74, 6) is 0. The summed E-state index contributed by atoms with van der Waals surface area (Å²) in [6.45, 7) is 1.77. The summed E-state index contributed by atoms with van der Waals surface area (Å²) in [6.07, 6.45) is 3.63. The van der Waals surface area contributed by atoms with Gasteiger partial charge in [-0.3, -0.25) is 4.98 Å². The Morgan fingerprint density at radius 2 is 2.12 bits per heavy atom. The Kier molecular flexibility index (Phi) is 2.52. The first-order valence-corrected chi connectivity index (χ1v) is 6.25. The number of halogens is 1. The quantitative estimate of drug-likeness (QED) is 0.821. The number of anilines is 2. The second-order valence-electron chi connectivity index (χ2n) is 4.17. The molecule has 2 aromatic rings. The lowest BCUT2D eigenvalue weighted by Crippen LogP contribution is -2.15. The van der Waals surface area contributed by atoms with Crippen LogP contribution in [-0.4, -0.2) is 4.98 Å². The predicted octanol–water partition coefficient (Wildman–Crippen LogP) is 2.95. The molecule has 0 amide bonds.